The number of rotatable bonds is 5. The number of aromatic nitrogens is 5. The predicted octanol–water partition coefficient (Wildman–Crippen LogP) is 1.21. The highest BCUT2D eigenvalue weighted by Crippen LogP contribution is 2.23. The fourth-order valence-corrected chi connectivity index (χ4v) is 3.35. The van der Waals surface area contributed by atoms with Crippen LogP contribution in [0.1, 0.15) is 24.2 Å². The van der Waals surface area contributed by atoms with Crippen molar-refractivity contribution < 1.29 is 9.53 Å². The van der Waals surface area contributed by atoms with E-state index in [1.54, 1.807) is 30.1 Å². The fraction of sp³-hybridized carbons (Fsp3) is 0.421. The first-order chi connectivity index (χ1) is 14.0. The Bertz CT molecular complexity index is 1020. The largest absolute Gasteiger partial charge is 0.477 e. The van der Waals surface area contributed by atoms with Gasteiger partial charge in [0.05, 0.1) is 6.61 Å². The molecular formula is C19H24N8O2. The van der Waals surface area contributed by atoms with Crippen LogP contribution in [0.5, 0.6) is 5.88 Å². The molecule has 1 atom stereocenters. The Morgan fingerprint density at radius 2 is 2.24 bits per heavy atom. The summed E-state index contributed by atoms with van der Waals surface area (Å²) >= 11 is 0. The van der Waals surface area contributed by atoms with Crippen molar-refractivity contribution in [3.05, 3.63) is 30.0 Å². The second kappa shape index (κ2) is 8.00. The minimum atomic E-state index is -0.357. The van der Waals surface area contributed by atoms with Crippen LogP contribution >= 0.6 is 0 Å². The molecule has 10 nitrogen and oxygen atoms in total. The van der Waals surface area contributed by atoms with Gasteiger partial charge in [-0.25, -0.2) is 0 Å². The Morgan fingerprint density at radius 3 is 2.97 bits per heavy atom. The molecule has 1 amide bonds. The Morgan fingerprint density at radius 1 is 1.38 bits per heavy atom. The molecule has 0 spiro atoms. The number of carbonyl (C=O) groups is 1. The number of ether oxygens (including phenoxy) is 1. The molecule has 1 aliphatic rings. The topological polar surface area (TPSA) is 110 Å². The molecule has 10 heteroatoms. The van der Waals surface area contributed by atoms with Gasteiger partial charge in [0.2, 0.25) is 5.88 Å². The van der Waals surface area contributed by atoms with Gasteiger partial charge in [-0.05, 0) is 32.0 Å². The molecule has 0 saturated carbocycles. The second-order valence-corrected chi connectivity index (χ2v) is 7.02. The molecule has 1 fully saturated rings. The van der Waals surface area contributed by atoms with Crippen molar-refractivity contribution >= 4 is 28.6 Å². The van der Waals surface area contributed by atoms with E-state index in [9.17, 15) is 4.79 Å². The molecule has 0 bridgehead atoms. The second-order valence-electron chi connectivity index (χ2n) is 7.02. The standard InChI is InChI=1S/C19H24N8O2/c1-4-29-19-14(9-13-11-26(3)25-17(13)22-19)18(28)21-15-5-6-16(24-23-15)27-8-7-20-12(2)10-27/h5-6,9,11-12,20H,4,7-8,10H2,1-3H3,(H,21,23,28). The maximum Gasteiger partial charge on any atom is 0.262 e. The zero-order valence-electron chi connectivity index (χ0n) is 16.7. The van der Waals surface area contributed by atoms with Crippen molar-refractivity contribution in [2.75, 3.05) is 36.5 Å². The number of fused-ring (bicyclic) bond motifs is 1. The number of carbonyl (C=O) groups excluding carboxylic acids is 1. The van der Waals surface area contributed by atoms with Gasteiger partial charge >= 0.3 is 0 Å². The molecule has 1 saturated heterocycles. The van der Waals surface area contributed by atoms with Crippen molar-refractivity contribution in [2.45, 2.75) is 19.9 Å². The number of hydrogen-bond acceptors (Lipinski definition) is 8. The Balaban J connectivity index is 1.53. The fourth-order valence-electron chi connectivity index (χ4n) is 3.35. The van der Waals surface area contributed by atoms with Gasteiger partial charge in [-0.1, -0.05) is 0 Å². The van der Waals surface area contributed by atoms with E-state index in [1.165, 1.54) is 0 Å². The SMILES string of the molecule is CCOc1nc2nn(C)cc2cc1C(=O)Nc1ccc(N2CCNC(C)C2)nn1. The van der Waals surface area contributed by atoms with E-state index in [2.05, 4.69) is 42.7 Å². The molecule has 152 valence electrons. The lowest BCUT2D eigenvalue weighted by atomic mass is 10.2. The molecule has 4 heterocycles. The van der Waals surface area contributed by atoms with Crippen molar-refractivity contribution in [1.29, 1.82) is 0 Å². The average molecular weight is 396 g/mol. The third kappa shape index (κ3) is 4.11. The van der Waals surface area contributed by atoms with Crippen LogP contribution in [-0.4, -0.2) is 63.2 Å². The van der Waals surface area contributed by atoms with E-state index in [4.69, 9.17) is 4.74 Å². The van der Waals surface area contributed by atoms with Gasteiger partial charge in [0.25, 0.3) is 5.91 Å². The summed E-state index contributed by atoms with van der Waals surface area (Å²) in [4.78, 5) is 19.4. The number of amides is 1. The first-order valence-electron chi connectivity index (χ1n) is 9.64. The van der Waals surface area contributed by atoms with E-state index in [0.717, 1.165) is 30.8 Å². The molecule has 0 radical (unpaired) electrons. The summed E-state index contributed by atoms with van der Waals surface area (Å²) in [6.07, 6.45) is 1.80. The van der Waals surface area contributed by atoms with Crippen LogP contribution in [0.15, 0.2) is 24.4 Å². The van der Waals surface area contributed by atoms with Crippen LogP contribution in [0.3, 0.4) is 0 Å². The molecule has 2 N–H and O–H groups in total. The molecule has 1 unspecified atom stereocenters. The van der Waals surface area contributed by atoms with E-state index in [1.807, 2.05) is 13.0 Å². The van der Waals surface area contributed by atoms with E-state index in [-0.39, 0.29) is 11.8 Å². The summed E-state index contributed by atoms with van der Waals surface area (Å²) in [5.41, 5.74) is 0.857. The zero-order valence-corrected chi connectivity index (χ0v) is 16.7. The smallest absolute Gasteiger partial charge is 0.262 e. The van der Waals surface area contributed by atoms with Crippen LogP contribution < -0.4 is 20.3 Å². The number of pyridine rings is 1. The van der Waals surface area contributed by atoms with Gasteiger partial charge < -0.3 is 20.3 Å². The summed E-state index contributed by atoms with van der Waals surface area (Å²) in [7, 11) is 1.80. The summed E-state index contributed by atoms with van der Waals surface area (Å²) < 4.78 is 7.20. The maximum absolute atomic E-state index is 12.8. The van der Waals surface area contributed by atoms with E-state index in [0.29, 0.717) is 29.7 Å². The number of aryl methyl sites for hydroxylation is 1. The zero-order chi connectivity index (χ0) is 20.4. The van der Waals surface area contributed by atoms with Gasteiger partial charge in [-0.15, -0.1) is 10.2 Å². The van der Waals surface area contributed by atoms with Crippen LogP contribution in [0, 0.1) is 0 Å². The van der Waals surface area contributed by atoms with Crippen molar-refractivity contribution in [2.24, 2.45) is 7.05 Å². The summed E-state index contributed by atoms with van der Waals surface area (Å²) in [5, 5.41) is 19.6. The first-order valence-corrected chi connectivity index (χ1v) is 9.64. The third-order valence-electron chi connectivity index (χ3n) is 4.68. The third-order valence-corrected chi connectivity index (χ3v) is 4.68. The van der Waals surface area contributed by atoms with E-state index >= 15 is 0 Å². The molecule has 3 aromatic heterocycles. The van der Waals surface area contributed by atoms with Crippen LogP contribution in [0.4, 0.5) is 11.6 Å². The number of anilines is 2. The summed E-state index contributed by atoms with van der Waals surface area (Å²) in [5.74, 6) is 1.06. The highest BCUT2D eigenvalue weighted by atomic mass is 16.5. The lowest BCUT2D eigenvalue weighted by molar-refractivity contribution is 0.102. The van der Waals surface area contributed by atoms with Crippen LogP contribution in [0.2, 0.25) is 0 Å². The molecule has 4 rings (SSSR count). The highest BCUT2D eigenvalue weighted by molar-refractivity contribution is 6.07. The normalized spacial score (nSPS) is 16.8. The number of nitrogens with one attached hydrogen (secondary N) is 2. The van der Waals surface area contributed by atoms with Gasteiger partial charge in [0.15, 0.2) is 17.3 Å². The Hall–Kier alpha value is -3.27. The number of hydrogen-bond donors (Lipinski definition) is 2. The Kier molecular flexibility index (Phi) is 5.26. The number of piperazine rings is 1. The first kappa shape index (κ1) is 19.1. The van der Waals surface area contributed by atoms with Crippen molar-refractivity contribution in [3.8, 4) is 5.88 Å². The summed E-state index contributed by atoms with van der Waals surface area (Å²) in [6, 6.07) is 5.74. The quantitative estimate of drug-likeness (QED) is 0.662. The van der Waals surface area contributed by atoms with Crippen LogP contribution in [0.25, 0.3) is 11.0 Å². The molecule has 3 aromatic rings. The van der Waals surface area contributed by atoms with Gasteiger partial charge in [-0.3, -0.25) is 9.48 Å². The number of nitrogens with zero attached hydrogens (tertiary/aromatic N) is 6. The molecular weight excluding hydrogens is 372 g/mol. The van der Waals surface area contributed by atoms with Gasteiger partial charge in [0.1, 0.15) is 5.56 Å². The van der Waals surface area contributed by atoms with Crippen molar-refractivity contribution in [1.82, 2.24) is 30.3 Å². The summed E-state index contributed by atoms with van der Waals surface area (Å²) in [6.45, 7) is 7.02. The molecule has 1 aliphatic heterocycles. The maximum atomic E-state index is 12.8. The Labute approximate surface area is 168 Å². The minimum Gasteiger partial charge on any atom is -0.477 e. The monoisotopic (exact) mass is 396 g/mol. The highest BCUT2D eigenvalue weighted by Gasteiger charge is 2.19. The van der Waals surface area contributed by atoms with Gasteiger partial charge in [0, 0.05) is 44.3 Å². The molecule has 0 aromatic carbocycles. The van der Waals surface area contributed by atoms with E-state index < -0.39 is 0 Å². The predicted molar refractivity (Wildman–Crippen MR) is 109 cm³/mol. The van der Waals surface area contributed by atoms with Crippen LogP contribution in [-0.2, 0) is 7.05 Å². The average Bonchev–Trinajstić information content (AvgIpc) is 3.07. The lowest BCUT2D eigenvalue weighted by Crippen LogP contribution is -2.49. The molecule has 0 aliphatic carbocycles. The van der Waals surface area contributed by atoms with Crippen molar-refractivity contribution in [3.63, 3.8) is 0 Å². The lowest BCUT2D eigenvalue weighted by Gasteiger charge is -2.32. The molecule has 29 heavy (non-hydrogen) atoms. The minimum absolute atomic E-state index is 0.246. The van der Waals surface area contributed by atoms with Gasteiger partial charge in [-0.2, -0.15) is 10.1 Å².